The average Bonchev–Trinajstić information content (AvgIpc) is 2.25. The molecule has 4 nitrogen and oxygen atoms in total. The Labute approximate surface area is 96.4 Å². The van der Waals surface area contributed by atoms with Crippen LogP contribution in [0.2, 0.25) is 0 Å². The number of hydrogen-bond acceptors (Lipinski definition) is 3. The van der Waals surface area contributed by atoms with Crippen LogP contribution < -0.4 is 0 Å². The van der Waals surface area contributed by atoms with Gasteiger partial charge in [0, 0.05) is 12.5 Å². The summed E-state index contributed by atoms with van der Waals surface area (Å²) in [5, 5.41) is 10.5. The number of hydrogen-bond donors (Lipinski definition) is 0. The molecular formula is C11H11F2NO3. The van der Waals surface area contributed by atoms with E-state index < -0.39 is 33.6 Å². The number of halogens is 2. The van der Waals surface area contributed by atoms with E-state index in [0.717, 1.165) is 6.07 Å². The molecule has 1 aromatic rings. The SMILES string of the molecule is CCCCC(=O)c1c(F)ccc([N+](=O)[O-])c1F. The van der Waals surface area contributed by atoms with Crippen molar-refractivity contribution in [3.63, 3.8) is 0 Å². The Hall–Kier alpha value is -1.85. The van der Waals surface area contributed by atoms with Gasteiger partial charge < -0.3 is 0 Å². The Kier molecular flexibility index (Phi) is 4.25. The summed E-state index contributed by atoms with van der Waals surface area (Å²) >= 11 is 0. The number of ketones is 1. The minimum Gasteiger partial charge on any atom is -0.294 e. The second-order valence-electron chi connectivity index (χ2n) is 3.54. The Morgan fingerprint density at radius 3 is 2.59 bits per heavy atom. The Morgan fingerprint density at radius 1 is 1.41 bits per heavy atom. The van der Waals surface area contributed by atoms with Crippen LogP contribution >= 0.6 is 0 Å². The zero-order valence-corrected chi connectivity index (χ0v) is 9.20. The molecule has 17 heavy (non-hydrogen) atoms. The highest BCUT2D eigenvalue weighted by Crippen LogP contribution is 2.24. The number of nitro benzene ring substituents is 1. The van der Waals surface area contributed by atoms with E-state index in [-0.39, 0.29) is 6.42 Å². The van der Waals surface area contributed by atoms with Crippen LogP contribution in [0.25, 0.3) is 0 Å². The normalized spacial score (nSPS) is 10.3. The first-order chi connectivity index (χ1) is 7.99. The number of benzene rings is 1. The minimum atomic E-state index is -1.39. The summed E-state index contributed by atoms with van der Waals surface area (Å²) in [5.74, 6) is -3.20. The molecule has 0 heterocycles. The highest BCUT2D eigenvalue weighted by atomic mass is 19.1. The molecule has 6 heteroatoms. The van der Waals surface area contributed by atoms with Crippen LogP contribution in [0.1, 0.15) is 36.5 Å². The molecule has 0 fully saturated rings. The van der Waals surface area contributed by atoms with Crippen molar-refractivity contribution in [1.82, 2.24) is 0 Å². The third-order valence-electron chi connectivity index (χ3n) is 2.30. The maximum absolute atomic E-state index is 13.6. The molecule has 0 aliphatic heterocycles. The molecule has 0 aliphatic rings. The third-order valence-corrected chi connectivity index (χ3v) is 2.30. The van der Waals surface area contributed by atoms with Crippen molar-refractivity contribution < 1.29 is 18.5 Å². The van der Waals surface area contributed by atoms with E-state index >= 15 is 0 Å². The first-order valence-electron chi connectivity index (χ1n) is 5.14. The van der Waals surface area contributed by atoms with Gasteiger partial charge in [-0.2, -0.15) is 4.39 Å². The standard InChI is InChI=1S/C11H11F2NO3/c1-2-3-4-9(15)10-7(12)5-6-8(11(10)13)14(16)17/h5-6H,2-4H2,1H3. The van der Waals surface area contributed by atoms with E-state index in [4.69, 9.17) is 0 Å². The van der Waals surface area contributed by atoms with Gasteiger partial charge in [-0.15, -0.1) is 0 Å². The van der Waals surface area contributed by atoms with Crippen molar-refractivity contribution in [3.05, 3.63) is 39.4 Å². The van der Waals surface area contributed by atoms with E-state index in [9.17, 15) is 23.7 Å². The Morgan fingerprint density at radius 2 is 2.06 bits per heavy atom. The van der Waals surface area contributed by atoms with Crippen LogP contribution in [0.3, 0.4) is 0 Å². The van der Waals surface area contributed by atoms with Crippen molar-refractivity contribution in [2.75, 3.05) is 0 Å². The number of carbonyl (C=O) groups excluding carboxylic acids is 1. The molecule has 0 amide bonds. The van der Waals surface area contributed by atoms with Gasteiger partial charge in [0.2, 0.25) is 5.82 Å². The van der Waals surface area contributed by atoms with Crippen molar-refractivity contribution in [2.24, 2.45) is 0 Å². The number of unbranched alkanes of at least 4 members (excludes halogenated alkanes) is 1. The first-order valence-corrected chi connectivity index (χ1v) is 5.14. The van der Waals surface area contributed by atoms with Gasteiger partial charge >= 0.3 is 5.69 Å². The molecule has 0 aliphatic carbocycles. The van der Waals surface area contributed by atoms with E-state index in [1.54, 1.807) is 0 Å². The Balaban J connectivity index is 3.18. The fourth-order valence-electron chi connectivity index (χ4n) is 1.40. The number of rotatable bonds is 5. The quantitative estimate of drug-likeness (QED) is 0.453. The molecule has 0 unspecified atom stereocenters. The molecule has 0 aromatic heterocycles. The number of nitrogens with zero attached hydrogens (tertiary/aromatic N) is 1. The van der Waals surface area contributed by atoms with Crippen molar-refractivity contribution in [3.8, 4) is 0 Å². The van der Waals surface area contributed by atoms with Crippen molar-refractivity contribution in [2.45, 2.75) is 26.2 Å². The third kappa shape index (κ3) is 2.83. The number of nitro groups is 1. The predicted octanol–water partition coefficient (Wildman–Crippen LogP) is 3.25. The topological polar surface area (TPSA) is 60.2 Å². The van der Waals surface area contributed by atoms with Gasteiger partial charge in [0.25, 0.3) is 0 Å². The summed E-state index contributed by atoms with van der Waals surface area (Å²) in [4.78, 5) is 21.0. The molecule has 0 bridgehead atoms. The molecular weight excluding hydrogens is 232 g/mol. The van der Waals surface area contributed by atoms with Gasteiger partial charge in [-0.3, -0.25) is 14.9 Å². The van der Waals surface area contributed by atoms with Gasteiger partial charge in [0.15, 0.2) is 5.78 Å². The van der Waals surface area contributed by atoms with Gasteiger partial charge in [0.05, 0.1) is 10.5 Å². The van der Waals surface area contributed by atoms with E-state index in [1.165, 1.54) is 0 Å². The highest BCUT2D eigenvalue weighted by Gasteiger charge is 2.25. The summed E-state index contributed by atoms with van der Waals surface area (Å²) in [6, 6.07) is 1.45. The summed E-state index contributed by atoms with van der Waals surface area (Å²) in [7, 11) is 0. The maximum Gasteiger partial charge on any atom is 0.305 e. The molecule has 1 rings (SSSR count). The highest BCUT2D eigenvalue weighted by molar-refractivity contribution is 5.97. The van der Waals surface area contributed by atoms with E-state index in [2.05, 4.69) is 0 Å². The summed E-state index contributed by atoms with van der Waals surface area (Å²) in [6.45, 7) is 1.83. The van der Waals surface area contributed by atoms with Gasteiger partial charge in [-0.1, -0.05) is 13.3 Å². The van der Waals surface area contributed by atoms with Crippen molar-refractivity contribution >= 4 is 11.5 Å². The Bertz CT molecular complexity index is 460. The van der Waals surface area contributed by atoms with Crippen molar-refractivity contribution in [1.29, 1.82) is 0 Å². The molecule has 0 atom stereocenters. The molecule has 92 valence electrons. The fourth-order valence-corrected chi connectivity index (χ4v) is 1.40. The van der Waals surface area contributed by atoms with Crippen LogP contribution in [-0.2, 0) is 0 Å². The maximum atomic E-state index is 13.6. The summed E-state index contributed by atoms with van der Waals surface area (Å²) < 4.78 is 26.8. The van der Waals surface area contributed by atoms with E-state index in [0.29, 0.717) is 18.9 Å². The van der Waals surface area contributed by atoms with E-state index in [1.807, 2.05) is 6.92 Å². The van der Waals surface area contributed by atoms with Gasteiger partial charge in [-0.25, -0.2) is 4.39 Å². The van der Waals surface area contributed by atoms with Crippen LogP contribution in [0.15, 0.2) is 12.1 Å². The second-order valence-corrected chi connectivity index (χ2v) is 3.54. The lowest BCUT2D eigenvalue weighted by molar-refractivity contribution is -0.387. The molecule has 0 spiro atoms. The van der Waals surface area contributed by atoms with Gasteiger partial charge in [0.1, 0.15) is 5.82 Å². The zero-order chi connectivity index (χ0) is 13.0. The predicted molar refractivity (Wildman–Crippen MR) is 56.9 cm³/mol. The van der Waals surface area contributed by atoms with Crippen LogP contribution in [-0.4, -0.2) is 10.7 Å². The average molecular weight is 243 g/mol. The second kappa shape index (κ2) is 5.47. The first kappa shape index (κ1) is 13.2. The van der Waals surface area contributed by atoms with Crippen LogP contribution in [0, 0.1) is 21.7 Å². The lowest BCUT2D eigenvalue weighted by Crippen LogP contribution is -2.08. The lowest BCUT2D eigenvalue weighted by Gasteiger charge is -2.04. The number of Topliss-reactive ketones (excluding diaryl/α,β-unsaturated/α-hetero) is 1. The smallest absolute Gasteiger partial charge is 0.294 e. The molecule has 0 saturated heterocycles. The summed E-state index contributed by atoms with van der Waals surface area (Å²) in [5.41, 5.74) is -1.70. The largest absolute Gasteiger partial charge is 0.305 e. The monoisotopic (exact) mass is 243 g/mol. The molecule has 0 radical (unpaired) electrons. The molecule has 0 N–H and O–H groups in total. The van der Waals surface area contributed by atoms with Crippen LogP contribution in [0.5, 0.6) is 0 Å². The van der Waals surface area contributed by atoms with Gasteiger partial charge in [-0.05, 0) is 12.5 Å². The summed E-state index contributed by atoms with van der Waals surface area (Å²) in [6.07, 6.45) is 1.16. The lowest BCUT2D eigenvalue weighted by atomic mass is 10.0. The molecule has 1 aromatic carbocycles. The minimum absolute atomic E-state index is 0.0223. The number of carbonyl (C=O) groups is 1. The molecule has 0 saturated carbocycles. The zero-order valence-electron chi connectivity index (χ0n) is 9.20. The van der Waals surface area contributed by atoms with Crippen LogP contribution in [0.4, 0.5) is 14.5 Å². The fraction of sp³-hybridized carbons (Fsp3) is 0.364.